The topological polar surface area (TPSA) is 72.9 Å². The second kappa shape index (κ2) is 10.6. The highest BCUT2D eigenvalue weighted by Crippen LogP contribution is 2.38. The number of halogens is 3. The fraction of sp³-hybridized carbons (Fsp3) is 0.385. The maximum Gasteiger partial charge on any atom is 0.410 e. The molecule has 4 rings (SSSR count). The average molecular weight is 536 g/mol. The zero-order chi connectivity index (χ0) is 26.0. The van der Waals surface area contributed by atoms with Crippen molar-refractivity contribution in [3.8, 4) is 11.5 Å². The molecule has 2 heterocycles. The summed E-state index contributed by atoms with van der Waals surface area (Å²) in [5.74, 6) is 0.421. The molecule has 0 spiro atoms. The van der Waals surface area contributed by atoms with Crippen molar-refractivity contribution in [2.75, 3.05) is 25.5 Å². The number of fused-ring (bicyclic) bond motifs is 1. The van der Waals surface area contributed by atoms with Crippen LogP contribution in [0.25, 0.3) is 10.9 Å². The number of carbonyl (C=O) groups is 1. The molecule has 0 bridgehead atoms. The Bertz CT molecular complexity index is 1270. The lowest BCUT2D eigenvalue weighted by molar-refractivity contribution is 0.0124. The fourth-order valence-electron chi connectivity index (χ4n) is 3.94. The summed E-state index contributed by atoms with van der Waals surface area (Å²) in [5, 5.41) is 3.78. The molecule has 0 radical (unpaired) electrons. The van der Waals surface area contributed by atoms with E-state index in [1.165, 1.54) is 12.1 Å². The van der Waals surface area contributed by atoms with Crippen LogP contribution in [0, 0.1) is 5.82 Å². The van der Waals surface area contributed by atoms with E-state index in [-0.39, 0.29) is 27.9 Å². The Kier molecular flexibility index (Phi) is 7.66. The molecule has 2 aromatic carbocycles. The molecule has 1 aliphatic rings. The van der Waals surface area contributed by atoms with Crippen LogP contribution in [-0.4, -0.2) is 47.9 Å². The van der Waals surface area contributed by atoms with Gasteiger partial charge in [-0.15, -0.1) is 0 Å². The molecule has 3 aromatic rings. The van der Waals surface area contributed by atoms with E-state index < -0.39 is 11.4 Å². The molecule has 0 atom stereocenters. The van der Waals surface area contributed by atoms with Crippen LogP contribution in [0.5, 0.6) is 11.5 Å². The van der Waals surface area contributed by atoms with E-state index in [1.54, 1.807) is 30.3 Å². The summed E-state index contributed by atoms with van der Waals surface area (Å²) in [4.78, 5) is 18.5. The molecular weight excluding hydrogens is 508 g/mol. The van der Waals surface area contributed by atoms with Crippen LogP contribution in [0.3, 0.4) is 0 Å². The number of nitrogens with zero attached hydrogens (tertiary/aromatic N) is 2. The van der Waals surface area contributed by atoms with Crippen LogP contribution >= 0.6 is 23.2 Å². The van der Waals surface area contributed by atoms with Gasteiger partial charge in [0.25, 0.3) is 0 Å². The van der Waals surface area contributed by atoms with Gasteiger partial charge in [0.2, 0.25) is 0 Å². The van der Waals surface area contributed by atoms with Gasteiger partial charge in [-0.25, -0.2) is 9.18 Å². The summed E-state index contributed by atoms with van der Waals surface area (Å²) < 4.78 is 32.0. The van der Waals surface area contributed by atoms with Crippen molar-refractivity contribution in [2.45, 2.75) is 45.3 Å². The Labute approximate surface area is 219 Å². The summed E-state index contributed by atoms with van der Waals surface area (Å²) in [6, 6.07) is 8.38. The van der Waals surface area contributed by atoms with Gasteiger partial charge in [-0.2, -0.15) is 0 Å². The largest absolute Gasteiger partial charge is 0.493 e. The number of likely N-dealkylation sites (tertiary alicyclic amines) is 1. The van der Waals surface area contributed by atoms with Gasteiger partial charge in [-0.1, -0.05) is 23.2 Å². The minimum Gasteiger partial charge on any atom is -0.493 e. The molecule has 0 unspecified atom stereocenters. The molecule has 10 heteroatoms. The maximum absolute atomic E-state index is 14.7. The first-order valence-electron chi connectivity index (χ1n) is 11.6. The number of methoxy groups -OCH3 is 1. The standard InChI is InChI=1S/C26H28Cl2FN3O4/c1-26(2,3)36-25(33)32-11-8-15(9-12-32)35-22-13-16-18(7-10-30-20(16)14-21(22)34-4)31-19-6-5-17(27)23(28)24(19)29/h5-7,10,13-15H,8-9,11-12H2,1-4H3,(H,30,31). The van der Waals surface area contributed by atoms with Crippen molar-refractivity contribution in [3.05, 3.63) is 52.4 Å². The highest BCUT2D eigenvalue weighted by atomic mass is 35.5. The second-order valence-electron chi connectivity index (χ2n) is 9.51. The molecule has 1 aliphatic heterocycles. The van der Waals surface area contributed by atoms with Crippen LogP contribution in [0.2, 0.25) is 10.0 Å². The van der Waals surface area contributed by atoms with E-state index in [9.17, 15) is 9.18 Å². The summed E-state index contributed by atoms with van der Waals surface area (Å²) in [7, 11) is 1.56. The number of rotatable bonds is 5. The minimum absolute atomic E-state index is 0.115. The van der Waals surface area contributed by atoms with Crippen molar-refractivity contribution >= 4 is 51.6 Å². The number of ether oxygens (including phenoxy) is 3. The number of anilines is 2. The van der Waals surface area contributed by atoms with E-state index in [2.05, 4.69) is 10.3 Å². The SMILES string of the molecule is COc1cc2nccc(Nc3ccc(Cl)c(Cl)c3F)c2cc1OC1CCN(C(=O)OC(C)(C)C)CC1. The van der Waals surface area contributed by atoms with Crippen molar-refractivity contribution in [2.24, 2.45) is 0 Å². The number of aromatic nitrogens is 1. The van der Waals surface area contributed by atoms with E-state index in [0.717, 1.165) is 0 Å². The third-order valence-electron chi connectivity index (χ3n) is 5.72. The Hall–Kier alpha value is -2.97. The van der Waals surface area contributed by atoms with E-state index in [0.29, 0.717) is 54.0 Å². The first kappa shape index (κ1) is 26.1. The predicted molar refractivity (Wildman–Crippen MR) is 139 cm³/mol. The zero-order valence-corrected chi connectivity index (χ0v) is 22.0. The number of carbonyl (C=O) groups excluding carboxylic acids is 1. The molecule has 1 N–H and O–H groups in total. The Morgan fingerprint density at radius 1 is 1.11 bits per heavy atom. The van der Waals surface area contributed by atoms with Crippen LogP contribution in [-0.2, 0) is 4.74 Å². The van der Waals surface area contributed by atoms with Gasteiger partial charge >= 0.3 is 6.09 Å². The van der Waals surface area contributed by atoms with Crippen LogP contribution < -0.4 is 14.8 Å². The molecule has 36 heavy (non-hydrogen) atoms. The van der Waals surface area contributed by atoms with Crippen LogP contribution in [0.4, 0.5) is 20.6 Å². The zero-order valence-electron chi connectivity index (χ0n) is 20.5. The summed E-state index contributed by atoms with van der Waals surface area (Å²) in [6.45, 7) is 6.60. The van der Waals surface area contributed by atoms with Gasteiger partial charge in [0.05, 0.1) is 28.4 Å². The number of amides is 1. The van der Waals surface area contributed by atoms with Crippen molar-refractivity contribution < 1.29 is 23.4 Å². The number of pyridine rings is 1. The number of hydrogen-bond acceptors (Lipinski definition) is 6. The Morgan fingerprint density at radius 3 is 2.50 bits per heavy atom. The number of benzene rings is 2. The fourth-order valence-corrected chi connectivity index (χ4v) is 4.25. The summed E-state index contributed by atoms with van der Waals surface area (Å²) >= 11 is 11.9. The number of nitrogens with one attached hydrogen (secondary N) is 1. The van der Waals surface area contributed by atoms with E-state index in [1.807, 2.05) is 26.8 Å². The number of piperidine rings is 1. The Balaban J connectivity index is 1.55. The van der Waals surface area contributed by atoms with Gasteiger partial charge < -0.3 is 24.4 Å². The molecule has 0 saturated carbocycles. The molecule has 192 valence electrons. The van der Waals surface area contributed by atoms with Gasteiger partial charge in [-0.3, -0.25) is 4.98 Å². The highest BCUT2D eigenvalue weighted by molar-refractivity contribution is 6.42. The first-order chi connectivity index (χ1) is 17.1. The lowest BCUT2D eigenvalue weighted by atomic mass is 10.1. The van der Waals surface area contributed by atoms with E-state index in [4.69, 9.17) is 37.4 Å². The van der Waals surface area contributed by atoms with Crippen LogP contribution in [0.15, 0.2) is 36.5 Å². The van der Waals surface area contributed by atoms with Crippen molar-refractivity contribution in [1.82, 2.24) is 9.88 Å². The maximum atomic E-state index is 14.7. The molecule has 7 nitrogen and oxygen atoms in total. The molecule has 0 aliphatic carbocycles. The third-order valence-corrected chi connectivity index (χ3v) is 6.50. The monoisotopic (exact) mass is 535 g/mol. The normalized spacial score (nSPS) is 14.6. The number of hydrogen-bond donors (Lipinski definition) is 1. The average Bonchev–Trinajstić information content (AvgIpc) is 2.83. The van der Waals surface area contributed by atoms with Gasteiger partial charge in [0.15, 0.2) is 17.3 Å². The smallest absolute Gasteiger partial charge is 0.410 e. The minimum atomic E-state index is -0.643. The quantitative estimate of drug-likeness (QED) is 0.348. The highest BCUT2D eigenvalue weighted by Gasteiger charge is 2.28. The van der Waals surface area contributed by atoms with Crippen LogP contribution in [0.1, 0.15) is 33.6 Å². The molecule has 1 aromatic heterocycles. The van der Waals surface area contributed by atoms with Gasteiger partial charge in [-0.05, 0) is 45.0 Å². The predicted octanol–water partition coefficient (Wildman–Crippen LogP) is 7.21. The van der Waals surface area contributed by atoms with E-state index >= 15 is 0 Å². The van der Waals surface area contributed by atoms with Crippen molar-refractivity contribution in [3.63, 3.8) is 0 Å². The molecule has 1 fully saturated rings. The third kappa shape index (κ3) is 5.87. The van der Waals surface area contributed by atoms with Gasteiger partial charge in [0, 0.05) is 49.3 Å². The lowest BCUT2D eigenvalue weighted by Crippen LogP contribution is -2.44. The molecule has 1 saturated heterocycles. The summed E-state index contributed by atoms with van der Waals surface area (Å²) in [5.41, 5.74) is 0.904. The first-order valence-corrected chi connectivity index (χ1v) is 12.3. The Morgan fingerprint density at radius 2 is 1.83 bits per heavy atom. The van der Waals surface area contributed by atoms with Gasteiger partial charge in [0.1, 0.15) is 11.7 Å². The summed E-state index contributed by atoms with van der Waals surface area (Å²) in [6.07, 6.45) is 2.48. The molecule has 1 amide bonds. The second-order valence-corrected chi connectivity index (χ2v) is 10.3. The molecular formula is C26H28Cl2FN3O4. The lowest BCUT2D eigenvalue weighted by Gasteiger charge is -2.33. The van der Waals surface area contributed by atoms with Crippen molar-refractivity contribution in [1.29, 1.82) is 0 Å².